The molecule has 0 atom stereocenters. The number of carbonyl (C=O) groups excluding carboxylic acids is 3. The summed E-state index contributed by atoms with van der Waals surface area (Å²) in [5, 5.41) is 2.56. The number of imide groups is 2. The average molecular weight is 485 g/mol. The number of nitrogens with zero attached hydrogens (tertiary/aromatic N) is 1. The van der Waals surface area contributed by atoms with Gasteiger partial charge in [0.15, 0.2) is 0 Å². The van der Waals surface area contributed by atoms with Crippen LogP contribution in [-0.2, 0) is 16.2 Å². The maximum atomic E-state index is 13.3. The maximum Gasteiger partial charge on any atom is 0.335 e. The minimum absolute atomic E-state index is 0.136. The van der Waals surface area contributed by atoms with Gasteiger partial charge in [0.05, 0.1) is 15.7 Å². The normalized spacial score (nSPS) is 15.1. The van der Waals surface area contributed by atoms with Gasteiger partial charge in [0.25, 0.3) is 11.8 Å². The van der Waals surface area contributed by atoms with Crippen LogP contribution < -0.4 is 15.0 Å². The topological polar surface area (TPSA) is 75.7 Å². The summed E-state index contributed by atoms with van der Waals surface area (Å²) in [4.78, 5) is 38.5. The Hall–Kier alpha value is -3.68. The Bertz CT molecular complexity index is 1310. The van der Waals surface area contributed by atoms with Crippen molar-refractivity contribution in [1.29, 1.82) is 0 Å². The third-order valence-electron chi connectivity index (χ3n) is 4.73. The van der Waals surface area contributed by atoms with Crippen LogP contribution in [0.25, 0.3) is 6.08 Å². The molecule has 0 spiro atoms. The van der Waals surface area contributed by atoms with Crippen LogP contribution in [0.4, 0.5) is 14.9 Å². The first kappa shape index (κ1) is 22.5. The second kappa shape index (κ2) is 9.44. The second-order valence-electron chi connectivity index (χ2n) is 7.05. The molecule has 1 heterocycles. The molecule has 9 heteroatoms. The summed E-state index contributed by atoms with van der Waals surface area (Å²) in [7, 11) is 0. The standard InChI is InChI=1S/C24H15Cl2FN2O4/c25-20-8-7-17(12-21(20)26)29-23(31)19(22(30)28-24(29)32)11-14-3-2-6-18(10-14)33-13-15-4-1-5-16(27)9-15/h1-12H,13H2,(H,28,30,32)/b19-11-. The van der Waals surface area contributed by atoms with Gasteiger partial charge in [0.1, 0.15) is 23.7 Å². The molecule has 1 aliphatic heterocycles. The molecule has 0 aliphatic carbocycles. The van der Waals surface area contributed by atoms with Crippen molar-refractivity contribution in [2.24, 2.45) is 0 Å². The van der Waals surface area contributed by atoms with E-state index in [9.17, 15) is 18.8 Å². The summed E-state index contributed by atoms with van der Waals surface area (Å²) in [6, 6.07) is 16.0. The first-order chi connectivity index (χ1) is 15.8. The number of hydrogen-bond acceptors (Lipinski definition) is 4. The number of nitrogens with one attached hydrogen (secondary N) is 1. The number of benzene rings is 3. The van der Waals surface area contributed by atoms with Crippen molar-refractivity contribution in [3.63, 3.8) is 0 Å². The lowest BCUT2D eigenvalue weighted by molar-refractivity contribution is -0.122. The van der Waals surface area contributed by atoms with Gasteiger partial charge in [-0.15, -0.1) is 0 Å². The summed E-state index contributed by atoms with van der Waals surface area (Å²) < 4.78 is 19.0. The van der Waals surface area contributed by atoms with E-state index in [1.165, 1.54) is 36.4 Å². The monoisotopic (exact) mass is 484 g/mol. The first-order valence-corrected chi connectivity index (χ1v) is 10.4. The molecule has 166 valence electrons. The molecule has 0 bridgehead atoms. The fourth-order valence-electron chi connectivity index (χ4n) is 3.17. The van der Waals surface area contributed by atoms with Crippen LogP contribution in [0.1, 0.15) is 11.1 Å². The third-order valence-corrected chi connectivity index (χ3v) is 5.47. The Kier molecular flexibility index (Phi) is 6.44. The Morgan fingerprint density at radius 3 is 2.48 bits per heavy atom. The van der Waals surface area contributed by atoms with Crippen molar-refractivity contribution < 1.29 is 23.5 Å². The minimum atomic E-state index is -0.896. The van der Waals surface area contributed by atoms with E-state index in [-0.39, 0.29) is 33.7 Å². The van der Waals surface area contributed by atoms with E-state index in [4.69, 9.17) is 27.9 Å². The highest BCUT2D eigenvalue weighted by Crippen LogP contribution is 2.29. The summed E-state index contributed by atoms with van der Waals surface area (Å²) in [6.45, 7) is 0.136. The molecule has 4 rings (SSSR count). The lowest BCUT2D eigenvalue weighted by Gasteiger charge is -2.26. The van der Waals surface area contributed by atoms with Gasteiger partial charge in [-0.25, -0.2) is 14.1 Å². The molecule has 4 amide bonds. The van der Waals surface area contributed by atoms with Crippen LogP contribution in [0.5, 0.6) is 5.75 Å². The third kappa shape index (κ3) is 5.05. The number of anilines is 1. The van der Waals surface area contributed by atoms with Gasteiger partial charge in [-0.3, -0.25) is 14.9 Å². The second-order valence-corrected chi connectivity index (χ2v) is 7.86. The number of hydrogen-bond donors (Lipinski definition) is 1. The van der Waals surface area contributed by atoms with E-state index in [1.54, 1.807) is 36.4 Å². The summed E-state index contributed by atoms with van der Waals surface area (Å²) in [5.41, 5.74) is 1.06. The number of ether oxygens (including phenoxy) is 1. The van der Waals surface area contributed by atoms with Crippen LogP contribution in [0.2, 0.25) is 10.0 Å². The van der Waals surface area contributed by atoms with Crippen LogP contribution in [0.3, 0.4) is 0 Å². The van der Waals surface area contributed by atoms with Gasteiger partial charge in [-0.05, 0) is 59.7 Å². The Morgan fingerprint density at radius 2 is 1.73 bits per heavy atom. The van der Waals surface area contributed by atoms with Crippen molar-refractivity contribution in [3.05, 3.63) is 99.3 Å². The van der Waals surface area contributed by atoms with Crippen LogP contribution in [0, 0.1) is 5.82 Å². The fraction of sp³-hybridized carbons (Fsp3) is 0.0417. The van der Waals surface area contributed by atoms with Crippen molar-refractivity contribution >= 4 is 52.8 Å². The SMILES string of the molecule is O=C1NC(=O)N(c2ccc(Cl)c(Cl)c2)C(=O)/C1=C\c1cccc(OCc2cccc(F)c2)c1. The van der Waals surface area contributed by atoms with E-state index in [0.717, 1.165) is 4.90 Å². The smallest absolute Gasteiger partial charge is 0.335 e. The highest BCUT2D eigenvalue weighted by Gasteiger charge is 2.37. The number of rotatable bonds is 5. The van der Waals surface area contributed by atoms with Gasteiger partial charge in [-0.2, -0.15) is 0 Å². The zero-order valence-electron chi connectivity index (χ0n) is 16.8. The number of urea groups is 1. The predicted octanol–water partition coefficient (Wildman–Crippen LogP) is 5.38. The van der Waals surface area contributed by atoms with Crippen molar-refractivity contribution in [2.45, 2.75) is 6.61 Å². The van der Waals surface area contributed by atoms with E-state index < -0.39 is 17.8 Å². The Labute approximate surface area is 198 Å². The first-order valence-electron chi connectivity index (χ1n) is 9.65. The fourth-order valence-corrected chi connectivity index (χ4v) is 3.46. The summed E-state index contributed by atoms with van der Waals surface area (Å²) in [6.07, 6.45) is 1.35. The van der Waals surface area contributed by atoms with Gasteiger partial charge in [-0.1, -0.05) is 47.5 Å². The highest BCUT2D eigenvalue weighted by atomic mass is 35.5. The van der Waals surface area contributed by atoms with E-state index >= 15 is 0 Å². The molecule has 1 N–H and O–H groups in total. The molecule has 1 aliphatic rings. The van der Waals surface area contributed by atoms with Crippen LogP contribution in [-0.4, -0.2) is 17.8 Å². The van der Waals surface area contributed by atoms with Gasteiger partial charge < -0.3 is 4.74 Å². The average Bonchev–Trinajstić information content (AvgIpc) is 2.78. The molecule has 1 saturated heterocycles. The number of amides is 4. The van der Waals surface area contributed by atoms with Gasteiger partial charge >= 0.3 is 6.03 Å². The zero-order valence-corrected chi connectivity index (χ0v) is 18.4. The van der Waals surface area contributed by atoms with Crippen LogP contribution in [0.15, 0.2) is 72.3 Å². The molecule has 0 saturated carbocycles. The molecular weight excluding hydrogens is 470 g/mol. The molecule has 33 heavy (non-hydrogen) atoms. The van der Waals surface area contributed by atoms with Crippen LogP contribution >= 0.6 is 23.2 Å². The predicted molar refractivity (Wildman–Crippen MR) is 123 cm³/mol. The molecule has 3 aromatic carbocycles. The van der Waals surface area contributed by atoms with Crippen molar-refractivity contribution in [2.75, 3.05) is 4.90 Å². The molecule has 1 fully saturated rings. The number of halogens is 3. The van der Waals surface area contributed by atoms with Gasteiger partial charge in [0.2, 0.25) is 0 Å². The maximum absolute atomic E-state index is 13.3. The molecule has 0 aromatic heterocycles. The minimum Gasteiger partial charge on any atom is -0.489 e. The largest absolute Gasteiger partial charge is 0.489 e. The zero-order chi connectivity index (χ0) is 23.5. The van der Waals surface area contributed by atoms with E-state index in [2.05, 4.69) is 5.32 Å². The molecule has 0 unspecified atom stereocenters. The molecular formula is C24H15Cl2FN2O4. The quantitative estimate of drug-likeness (QED) is 0.389. The molecule has 3 aromatic rings. The van der Waals surface area contributed by atoms with Crippen molar-refractivity contribution in [1.82, 2.24) is 5.32 Å². The van der Waals surface area contributed by atoms with Crippen molar-refractivity contribution in [3.8, 4) is 5.75 Å². The van der Waals surface area contributed by atoms with Gasteiger partial charge in [0, 0.05) is 0 Å². The molecule has 0 radical (unpaired) electrons. The number of carbonyl (C=O) groups is 3. The lowest BCUT2D eigenvalue weighted by atomic mass is 10.1. The molecule has 6 nitrogen and oxygen atoms in total. The van der Waals surface area contributed by atoms with E-state index in [1.807, 2.05) is 0 Å². The Balaban J connectivity index is 1.58. The highest BCUT2D eigenvalue weighted by molar-refractivity contribution is 6.43. The Morgan fingerprint density at radius 1 is 0.939 bits per heavy atom. The lowest BCUT2D eigenvalue weighted by Crippen LogP contribution is -2.54. The van der Waals surface area contributed by atoms with E-state index in [0.29, 0.717) is 16.9 Å². The summed E-state index contributed by atoms with van der Waals surface area (Å²) in [5.74, 6) is -1.55. The number of barbiturate groups is 1. The summed E-state index contributed by atoms with van der Waals surface area (Å²) >= 11 is 11.9.